The second-order valence-corrected chi connectivity index (χ2v) is 5.72. The highest BCUT2D eigenvalue weighted by molar-refractivity contribution is 5.91. The zero-order chi connectivity index (χ0) is 16.2. The number of nitrogens with two attached hydrogens (primary N) is 4. The van der Waals surface area contributed by atoms with Gasteiger partial charge in [0.15, 0.2) is 0 Å². The van der Waals surface area contributed by atoms with Crippen molar-refractivity contribution in [1.82, 2.24) is 0 Å². The van der Waals surface area contributed by atoms with Crippen LogP contribution >= 0.6 is 0 Å². The van der Waals surface area contributed by atoms with Crippen molar-refractivity contribution in [2.24, 2.45) is 0 Å². The van der Waals surface area contributed by atoms with Crippen molar-refractivity contribution in [3.63, 3.8) is 0 Å². The van der Waals surface area contributed by atoms with Gasteiger partial charge in [-0.05, 0) is 24.7 Å². The third-order valence-corrected chi connectivity index (χ3v) is 4.41. The molecule has 0 fully saturated rings. The highest BCUT2D eigenvalue weighted by Gasteiger charge is 2.30. The molecule has 0 radical (unpaired) electrons. The molecule has 116 valence electrons. The van der Waals surface area contributed by atoms with Crippen LogP contribution in [0.5, 0.6) is 0 Å². The van der Waals surface area contributed by atoms with Crippen molar-refractivity contribution in [3.8, 4) is 11.8 Å². The lowest BCUT2D eigenvalue weighted by Gasteiger charge is -2.32. The third-order valence-electron chi connectivity index (χ3n) is 4.41. The number of nitrogen functional groups attached to an aromatic ring is 4. The Labute approximate surface area is 128 Å². The molecule has 0 atom stereocenters. The first-order chi connectivity index (χ1) is 9.83. The van der Waals surface area contributed by atoms with E-state index in [1.807, 2.05) is 0 Å². The molecule has 0 saturated carbocycles. The summed E-state index contributed by atoms with van der Waals surface area (Å²) in [5.41, 5.74) is 28.1. The lowest BCUT2D eigenvalue weighted by Crippen LogP contribution is -2.25. The molecule has 0 aromatic heterocycles. The fourth-order valence-electron chi connectivity index (χ4n) is 2.49. The Balaban J connectivity index is 3.59. The molecule has 4 nitrogen and oxygen atoms in total. The standard InChI is InChI=1S/C17H28N4/c1-5-8-9-10-11-13(18)15(20)12(16(21)14(11)19)17(4,6-2)7-3/h5-8,18-21H2,1-4H3. The molecular weight excluding hydrogens is 260 g/mol. The fourth-order valence-corrected chi connectivity index (χ4v) is 2.49. The molecule has 0 aliphatic heterocycles. The molecule has 0 bridgehead atoms. The van der Waals surface area contributed by atoms with E-state index < -0.39 is 0 Å². The maximum Gasteiger partial charge on any atom is 0.0746 e. The van der Waals surface area contributed by atoms with Crippen molar-refractivity contribution in [3.05, 3.63) is 11.1 Å². The first-order valence-electron chi connectivity index (χ1n) is 7.59. The van der Waals surface area contributed by atoms with Crippen LogP contribution in [-0.2, 0) is 5.41 Å². The molecule has 21 heavy (non-hydrogen) atoms. The molecule has 0 saturated heterocycles. The largest absolute Gasteiger partial charge is 0.397 e. The Bertz CT molecular complexity index is 546. The molecule has 1 rings (SSSR count). The van der Waals surface area contributed by atoms with E-state index in [1.165, 1.54) is 0 Å². The molecule has 0 spiro atoms. The van der Waals surface area contributed by atoms with Crippen molar-refractivity contribution in [2.45, 2.75) is 58.8 Å². The summed E-state index contributed by atoms with van der Waals surface area (Å²) >= 11 is 0. The van der Waals surface area contributed by atoms with Gasteiger partial charge in [0.05, 0.1) is 28.3 Å². The van der Waals surface area contributed by atoms with Crippen molar-refractivity contribution in [2.75, 3.05) is 22.9 Å². The number of hydrogen-bond acceptors (Lipinski definition) is 4. The molecule has 0 aliphatic rings. The van der Waals surface area contributed by atoms with E-state index in [0.717, 1.165) is 31.2 Å². The molecule has 0 amide bonds. The summed E-state index contributed by atoms with van der Waals surface area (Å²) in [5.74, 6) is 6.07. The molecule has 0 unspecified atom stereocenters. The summed E-state index contributed by atoms with van der Waals surface area (Å²) in [6.45, 7) is 8.44. The number of unbranched alkanes of at least 4 members (excludes halogenated alkanes) is 1. The van der Waals surface area contributed by atoms with Crippen LogP contribution in [0.4, 0.5) is 22.7 Å². The summed E-state index contributed by atoms with van der Waals surface area (Å²) in [7, 11) is 0. The van der Waals surface area contributed by atoms with Crippen molar-refractivity contribution < 1.29 is 0 Å². The van der Waals surface area contributed by atoms with Crippen LogP contribution < -0.4 is 22.9 Å². The van der Waals surface area contributed by atoms with E-state index >= 15 is 0 Å². The monoisotopic (exact) mass is 288 g/mol. The van der Waals surface area contributed by atoms with Gasteiger partial charge in [0.25, 0.3) is 0 Å². The van der Waals surface area contributed by atoms with Crippen LogP contribution in [0.3, 0.4) is 0 Å². The highest BCUT2D eigenvalue weighted by atomic mass is 14.8. The van der Waals surface area contributed by atoms with Gasteiger partial charge in [0.1, 0.15) is 0 Å². The van der Waals surface area contributed by atoms with E-state index in [2.05, 4.69) is 39.5 Å². The van der Waals surface area contributed by atoms with E-state index in [0.29, 0.717) is 28.3 Å². The molecule has 0 heterocycles. The summed E-state index contributed by atoms with van der Waals surface area (Å²) < 4.78 is 0. The van der Waals surface area contributed by atoms with Gasteiger partial charge in [0.2, 0.25) is 0 Å². The molecule has 0 aliphatic carbocycles. The van der Waals surface area contributed by atoms with Crippen molar-refractivity contribution >= 4 is 22.7 Å². The zero-order valence-electron chi connectivity index (χ0n) is 13.6. The molecular formula is C17H28N4. The molecule has 1 aromatic rings. The Morgan fingerprint density at radius 3 is 1.71 bits per heavy atom. The van der Waals surface area contributed by atoms with Crippen LogP contribution in [-0.4, -0.2) is 0 Å². The second-order valence-electron chi connectivity index (χ2n) is 5.72. The maximum absolute atomic E-state index is 6.27. The normalized spacial score (nSPS) is 11.0. The van der Waals surface area contributed by atoms with Gasteiger partial charge in [-0.25, -0.2) is 0 Å². The Hall–Kier alpha value is -2.02. The van der Waals surface area contributed by atoms with E-state index in [-0.39, 0.29) is 5.41 Å². The first kappa shape index (κ1) is 17.0. The van der Waals surface area contributed by atoms with Gasteiger partial charge in [-0.2, -0.15) is 0 Å². The average molecular weight is 288 g/mol. The minimum Gasteiger partial charge on any atom is -0.397 e. The van der Waals surface area contributed by atoms with Crippen LogP contribution in [0.1, 0.15) is 64.5 Å². The molecule has 1 aromatic carbocycles. The van der Waals surface area contributed by atoms with Crippen LogP contribution in [0, 0.1) is 11.8 Å². The van der Waals surface area contributed by atoms with Crippen LogP contribution in [0.15, 0.2) is 0 Å². The summed E-state index contributed by atoms with van der Waals surface area (Å²) in [6, 6.07) is 0. The minimum atomic E-state index is -0.133. The van der Waals surface area contributed by atoms with Gasteiger partial charge in [-0.15, -0.1) is 0 Å². The predicted molar refractivity (Wildman–Crippen MR) is 93.8 cm³/mol. The van der Waals surface area contributed by atoms with Gasteiger partial charge >= 0.3 is 0 Å². The Morgan fingerprint density at radius 2 is 1.33 bits per heavy atom. The maximum atomic E-state index is 6.27. The first-order valence-corrected chi connectivity index (χ1v) is 7.59. The van der Waals surface area contributed by atoms with Crippen LogP contribution in [0.25, 0.3) is 0 Å². The van der Waals surface area contributed by atoms with Gasteiger partial charge < -0.3 is 22.9 Å². The number of anilines is 4. The number of hydrogen-bond donors (Lipinski definition) is 4. The predicted octanol–water partition coefficient (Wildman–Crippen LogP) is 3.24. The van der Waals surface area contributed by atoms with Gasteiger partial charge in [-0.3, -0.25) is 0 Å². The van der Waals surface area contributed by atoms with Crippen molar-refractivity contribution in [1.29, 1.82) is 0 Å². The van der Waals surface area contributed by atoms with E-state index in [9.17, 15) is 0 Å². The fraction of sp³-hybridized carbons (Fsp3) is 0.529. The zero-order valence-corrected chi connectivity index (χ0v) is 13.6. The van der Waals surface area contributed by atoms with E-state index in [1.54, 1.807) is 0 Å². The topological polar surface area (TPSA) is 104 Å². The smallest absolute Gasteiger partial charge is 0.0746 e. The van der Waals surface area contributed by atoms with E-state index in [4.69, 9.17) is 22.9 Å². The third kappa shape index (κ3) is 3.02. The van der Waals surface area contributed by atoms with Gasteiger partial charge in [0, 0.05) is 12.0 Å². The Morgan fingerprint density at radius 1 is 0.857 bits per heavy atom. The van der Waals surface area contributed by atoms with Crippen LogP contribution in [0.2, 0.25) is 0 Å². The SMILES string of the molecule is CCCC#Cc1c(N)c(N)c(C(C)(CC)CC)c(N)c1N. The number of rotatable bonds is 4. The minimum absolute atomic E-state index is 0.133. The Kier molecular flexibility index (Phi) is 5.37. The summed E-state index contributed by atoms with van der Waals surface area (Å²) in [5, 5.41) is 0. The lowest BCUT2D eigenvalue weighted by atomic mass is 9.75. The average Bonchev–Trinajstić information content (AvgIpc) is 2.48. The molecule has 8 N–H and O–H groups in total. The lowest BCUT2D eigenvalue weighted by molar-refractivity contribution is 0.442. The molecule has 4 heteroatoms. The second kappa shape index (κ2) is 6.62. The summed E-state index contributed by atoms with van der Waals surface area (Å²) in [4.78, 5) is 0. The summed E-state index contributed by atoms with van der Waals surface area (Å²) in [6.07, 6.45) is 3.61. The van der Waals surface area contributed by atoms with Gasteiger partial charge in [-0.1, -0.05) is 39.5 Å². The number of benzene rings is 1. The quantitative estimate of drug-likeness (QED) is 0.504. The highest BCUT2D eigenvalue weighted by Crippen LogP contribution is 2.45.